The van der Waals surface area contributed by atoms with Gasteiger partial charge in [0.2, 0.25) is 0 Å². The van der Waals surface area contributed by atoms with Gasteiger partial charge >= 0.3 is 0 Å². The molecule has 0 fully saturated rings. The molecule has 2 heteroatoms. The molecule has 0 amide bonds. The molecule has 0 spiro atoms. The van der Waals surface area contributed by atoms with E-state index in [1.54, 1.807) is 0 Å². The highest BCUT2D eigenvalue weighted by Crippen LogP contribution is 2.11. The van der Waals surface area contributed by atoms with E-state index in [0.29, 0.717) is 13.2 Å². The number of nitrogens with one attached hydrogen (secondary N) is 1. The Kier molecular flexibility index (Phi) is 6.10. The minimum absolute atomic E-state index is 0.138. The van der Waals surface area contributed by atoms with E-state index in [9.17, 15) is 0 Å². The summed E-state index contributed by atoms with van der Waals surface area (Å²) in [7, 11) is 0. The van der Waals surface area contributed by atoms with Gasteiger partial charge in [-0.15, -0.1) is 0 Å². The lowest BCUT2D eigenvalue weighted by Gasteiger charge is -2.21. The van der Waals surface area contributed by atoms with Crippen LogP contribution in [0.5, 0.6) is 0 Å². The summed E-state index contributed by atoms with van der Waals surface area (Å²) in [5, 5.41) is 3.51. The standard InChI is InChI=1S/C16H25NO/c1-5-6-11-18-13-15-10-8-7-9-14(15)12-17-16(2,3)4/h5-10,17H,11-13H2,1-4H3. The summed E-state index contributed by atoms with van der Waals surface area (Å²) in [6.45, 7) is 10.8. The van der Waals surface area contributed by atoms with Gasteiger partial charge in [-0.25, -0.2) is 0 Å². The van der Waals surface area contributed by atoms with Gasteiger partial charge in [-0.1, -0.05) is 36.4 Å². The molecule has 18 heavy (non-hydrogen) atoms. The molecule has 0 radical (unpaired) electrons. The van der Waals surface area contributed by atoms with Crippen molar-refractivity contribution >= 4 is 0 Å². The zero-order valence-corrected chi connectivity index (χ0v) is 12.0. The van der Waals surface area contributed by atoms with Crippen molar-refractivity contribution in [3.63, 3.8) is 0 Å². The molecule has 1 N–H and O–H groups in total. The SMILES string of the molecule is CC=CCOCc1ccccc1CNC(C)(C)C. The van der Waals surface area contributed by atoms with Crippen LogP contribution in [0.2, 0.25) is 0 Å². The zero-order chi connectivity index (χ0) is 13.4. The lowest BCUT2D eigenvalue weighted by molar-refractivity contribution is 0.148. The third-order valence-electron chi connectivity index (χ3n) is 2.63. The third kappa shape index (κ3) is 5.99. The van der Waals surface area contributed by atoms with Crippen LogP contribution in [-0.4, -0.2) is 12.1 Å². The fourth-order valence-electron chi connectivity index (χ4n) is 1.56. The molecule has 2 nitrogen and oxygen atoms in total. The lowest BCUT2D eigenvalue weighted by atomic mass is 10.1. The van der Waals surface area contributed by atoms with Crippen molar-refractivity contribution in [2.24, 2.45) is 0 Å². The van der Waals surface area contributed by atoms with Crippen LogP contribution in [-0.2, 0) is 17.9 Å². The molecule has 0 atom stereocenters. The van der Waals surface area contributed by atoms with Crippen molar-refractivity contribution < 1.29 is 4.74 Å². The summed E-state index contributed by atoms with van der Waals surface area (Å²) in [6.07, 6.45) is 4.03. The van der Waals surface area contributed by atoms with Gasteiger partial charge in [0, 0.05) is 12.1 Å². The van der Waals surface area contributed by atoms with Gasteiger partial charge in [0.15, 0.2) is 0 Å². The maximum Gasteiger partial charge on any atom is 0.0724 e. The fraction of sp³-hybridized carbons (Fsp3) is 0.500. The molecule has 1 aromatic carbocycles. The van der Waals surface area contributed by atoms with E-state index >= 15 is 0 Å². The van der Waals surface area contributed by atoms with Crippen LogP contribution in [0.1, 0.15) is 38.8 Å². The van der Waals surface area contributed by atoms with Gasteiger partial charge in [0.05, 0.1) is 13.2 Å². The molecule has 0 heterocycles. The number of hydrogen-bond acceptors (Lipinski definition) is 2. The summed E-state index contributed by atoms with van der Waals surface area (Å²) < 4.78 is 5.62. The second-order valence-electron chi connectivity index (χ2n) is 5.46. The number of rotatable bonds is 6. The summed E-state index contributed by atoms with van der Waals surface area (Å²) >= 11 is 0. The average molecular weight is 247 g/mol. The van der Waals surface area contributed by atoms with Crippen molar-refractivity contribution in [1.29, 1.82) is 0 Å². The van der Waals surface area contributed by atoms with Crippen LogP contribution >= 0.6 is 0 Å². The molecule has 0 aliphatic rings. The molecule has 0 saturated carbocycles. The third-order valence-corrected chi connectivity index (χ3v) is 2.63. The summed E-state index contributed by atoms with van der Waals surface area (Å²) in [4.78, 5) is 0. The van der Waals surface area contributed by atoms with E-state index in [1.165, 1.54) is 11.1 Å². The molecule has 0 saturated heterocycles. The molecule has 0 aromatic heterocycles. The number of hydrogen-bond donors (Lipinski definition) is 1. The van der Waals surface area contributed by atoms with Gasteiger partial charge in [0.25, 0.3) is 0 Å². The Bertz CT molecular complexity index is 377. The second-order valence-corrected chi connectivity index (χ2v) is 5.46. The Morgan fingerprint density at radius 3 is 2.44 bits per heavy atom. The second kappa shape index (κ2) is 7.34. The van der Waals surface area contributed by atoms with Crippen LogP contribution in [0.4, 0.5) is 0 Å². The minimum atomic E-state index is 0.138. The smallest absolute Gasteiger partial charge is 0.0724 e. The van der Waals surface area contributed by atoms with Crippen LogP contribution < -0.4 is 5.32 Å². The maximum absolute atomic E-state index is 5.62. The first kappa shape index (κ1) is 14.9. The predicted molar refractivity (Wildman–Crippen MR) is 77.5 cm³/mol. The largest absolute Gasteiger partial charge is 0.373 e. The van der Waals surface area contributed by atoms with Gasteiger partial charge in [-0.2, -0.15) is 0 Å². The van der Waals surface area contributed by atoms with Crippen molar-refractivity contribution in [3.05, 3.63) is 47.5 Å². The predicted octanol–water partition coefficient (Wildman–Crippen LogP) is 3.67. The summed E-state index contributed by atoms with van der Waals surface area (Å²) in [5.41, 5.74) is 2.71. The minimum Gasteiger partial charge on any atom is -0.373 e. The van der Waals surface area contributed by atoms with Gasteiger partial charge in [-0.3, -0.25) is 0 Å². The molecular formula is C16H25NO. The summed E-state index contributed by atoms with van der Waals surface area (Å²) in [6, 6.07) is 8.44. The van der Waals surface area contributed by atoms with Crippen LogP contribution in [0.25, 0.3) is 0 Å². The Morgan fingerprint density at radius 2 is 1.83 bits per heavy atom. The number of allylic oxidation sites excluding steroid dienone is 1. The number of benzene rings is 1. The van der Waals surface area contributed by atoms with Crippen molar-refractivity contribution in [2.75, 3.05) is 6.61 Å². The van der Waals surface area contributed by atoms with Crippen molar-refractivity contribution in [2.45, 2.75) is 46.4 Å². The van der Waals surface area contributed by atoms with E-state index in [1.807, 2.05) is 19.1 Å². The lowest BCUT2D eigenvalue weighted by Crippen LogP contribution is -2.35. The van der Waals surface area contributed by atoms with Gasteiger partial charge < -0.3 is 10.1 Å². The normalized spacial score (nSPS) is 12.2. The molecule has 1 aromatic rings. The molecule has 0 aliphatic heterocycles. The fourth-order valence-corrected chi connectivity index (χ4v) is 1.56. The molecule has 0 unspecified atom stereocenters. The molecule has 0 bridgehead atoms. The first-order chi connectivity index (χ1) is 8.53. The van der Waals surface area contributed by atoms with Crippen LogP contribution in [0, 0.1) is 0 Å². The number of ether oxygens (including phenoxy) is 1. The van der Waals surface area contributed by atoms with Gasteiger partial charge in [0.1, 0.15) is 0 Å². The Balaban J connectivity index is 2.56. The molecule has 1 rings (SSSR count). The van der Waals surface area contributed by atoms with E-state index in [4.69, 9.17) is 4.74 Å². The monoisotopic (exact) mass is 247 g/mol. The van der Waals surface area contributed by atoms with E-state index in [0.717, 1.165) is 6.54 Å². The average Bonchev–Trinajstić information content (AvgIpc) is 2.32. The Labute approximate surface area is 111 Å². The highest BCUT2D eigenvalue weighted by Gasteiger charge is 2.09. The van der Waals surface area contributed by atoms with E-state index in [-0.39, 0.29) is 5.54 Å². The Hall–Kier alpha value is -1.12. The van der Waals surface area contributed by atoms with Crippen LogP contribution in [0.15, 0.2) is 36.4 Å². The van der Waals surface area contributed by atoms with E-state index in [2.05, 4.69) is 50.4 Å². The first-order valence-corrected chi connectivity index (χ1v) is 6.53. The van der Waals surface area contributed by atoms with E-state index < -0.39 is 0 Å². The Morgan fingerprint density at radius 1 is 1.17 bits per heavy atom. The van der Waals surface area contributed by atoms with Crippen molar-refractivity contribution in [1.82, 2.24) is 5.32 Å². The first-order valence-electron chi connectivity index (χ1n) is 6.53. The molecular weight excluding hydrogens is 222 g/mol. The molecule has 100 valence electrons. The quantitative estimate of drug-likeness (QED) is 0.612. The zero-order valence-electron chi connectivity index (χ0n) is 12.0. The summed E-state index contributed by atoms with van der Waals surface area (Å²) in [5.74, 6) is 0. The van der Waals surface area contributed by atoms with Crippen molar-refractivity contribution in [3.8, 4) is 0 Å². The highest BCUT2D eigenvalue weighted by atomic mass is 16.5. The highest BCUT2D eigenvalue weighted by molar-refractivity contribution is 5.26. The van der Waals surface area contributed by atoms with Crippen LogP contribution in [0.3, 0.4) is 0 Å². The van der Waals surface area contributed by atoms with Gasteiger partial charge in [-0.05, 0) is 38.8 Å². The topological polar surface area (TPSA) is 21.3 Å². The molecule has 0 aliphatic carbocycles. The maximum atomic E-state index is 5.62.